The minimum atomic E-state index is 0.0419. The highest BCUT2D eigenvalue weighted by molar-refractivity contribution is 5.95. The fourth-order valence-electron chi connectivity index (χ4n) is 3.54. The van der Waals surface area contributed by atoms with Crippen molar-refractivity contribution >= 4 is 11.8 Å². The lowest BCUT2D eigenvalue weighted by Crippen LogP contribution is -2.52. The molecule has 1 aliphatic carbocycles. The van der Waals surface area contributed by atoms with Crippen LogP contribution in [-0.2, 0) is 4.79 Å². The highest BCUT2D eigenvalue weighted by atomic mass is 16.5. The van der Waals surface area contributed by atoms with Crippen molar-refractivity contribution < 1.29 is 14.3 Å². The molecule has 25 heavy (non-hydrogen) atoms. The van der Waals surface area contributed by atoms with Crippen LogP contribution in [0.5, 0.6) is 5.75 Å². The van der Waals surface area contributed by atoms with Crippen molar-refractivity contribution in [1.82, 2.24) is 9.80 Å². The zero-order chi connectivity index (χ0) is 18.0. The number of carbonyl (C=O) groups is 2. The summed E-state index contributed by atoms with van der Waals surface area (Å²) in [6.07, 6.45) is 3.23. The molecule has 1 saturated carbocycles. The van der Waals surface area contributed by atoms with Gasteiger partial charge in [0.25, 0.3) is 5.91 Å². The topological polar surface area (TPSA) is 49.9 Å². The number of methoxy groups -OCH3 is 1. The third-order valence-corrected chi connectivity index (χ3v) is 5.43. The molecule has 5 heteroatoms. The zero-order valence-corrected chi connectivity index (χ0v) is 15.5. The molecule has 1 heterocycles. The van der Waals surface area contributed by atoms with Crippen molar-refractivity contribution in [3.05, 3.63) is 29.3 Å². The molecule has 2 aliphatic rings. The molecule has 0 spiro atoms. The predicted molar refractivity (Wildman–Crippen MR) is 96.9 cm³/mol. The number of hydrogen-bond donors (Lipinski definition) is 0. The number of ether oxygens (including phenoxy) is 1. The van der Waals surface area contributed by atoms with E-state index in [0.717, 1.165) is 24.2 Å². The van der Waals surface area contributed by atoms with Crippen molar-refractivity contribution in [2.24, 2.45) is 5.92 Å². The quantitative estimate of drug-likeness (QED) is 0.844. The third kappa shape index (κ3) is 3.65. The molecule has 0 atom stereocenters. The van der Waals surface area contributed by atoms with Gasteiger partial charge >= 0.3 is 0 Å². The molecule has 1 aromatic carbocycles. The van der Waals surface area contributed by atoms with E-state index in [1.807, 2.05) is 28.0 Å². The van der Waals surface area contributed by atoms with Crippen LogP contribution in [0.3, 0.4) is 0 Å². The maximum atomic E-state index is 12.8. The van der Waals surface area contributed by atoms with Gasteiger partial charge in [-0.05, 0) is 42.5 Å². The first kappa shape index (κ1) is 17.8. The number of benzene rings is 1. The predicted octanol–water partition coefficient (Wildman–Crippen LogP) is 2.90. The van der Waals surface area contributed by atoms with Crippen LogP contribution < -0.4 is 4.74 Å². The van der Waals surface area contributed by atoms with Gasteiger partial charge in [0.2, 0.25) is 5.91 Å². The summed E-state index contributed by atoms with van der Waals surface area (Å²) in [5.74, 6) is 1.67. The maximum Gasteiger partial charge on any atom is 0.253 e. The lowest BCUT2D eigenvalue weighted by molar-refractivity contribution is -0.139. The number of nitrogens with zero attached hydrogens (tertiary/aromatic N) is 2. The van der Waals surface area contributed by atoms with Gasteiger partial charge in [0.15, 0.2) is 0 Å². The number of hydrogen-bond acceptors (Lipinski definition) is 3. The van der Waals surface area contributed by atoms with E-state index >= 15 is 0 Å². The van der Waals surface area contributed by atoms with Crippen LogP contribution >= 0.6 is 0 Å². The number of amides is 2. The van der Waals surface area contributed by atoms with Gasteiger partial charge in [0.05, 0.1) is 7.11 Å². The van der Waals surface area contributed by atoms with Crippen molar-refractivity contribution in [3.63, 3.8) is 0 Å². The molecule has 2 amide bonds. The molecule has 1 aliphatic heterocycles. The van der Waals surface area contributed by atoms with Gasteiger partial charge in [-0.1, -0.05) is 20.3 Å². The molecule has 5 nitrogen and oxygen atoms in total. The van der Waals surface area contributed by atoms with Gasteiger partial charge in [-0.2, -0.15) is 0 Å². The average Bonchev–Trinajstić information content (AvgIpc) is 2.59. The molecule has 0 aromatic heterocycles. The Morgan fingerprint density at radius 2 is 1.72 bits per heavy atom. The highest BCUT2D eigenvalue weighted by Gasteiger charge is 2.32. The minimum absolute atomic E-state index is 0.0419. The van der Waals surface area contributed by atoms with E-state index in [4.69, 9.17) is 4.74 Å². The van der Waals surface area contributed by atoms with Crippen molar-refractivity contribution in [2.45, 2.75) is 39.0 Å². The highest BCUT2D eigenvalue weighted by Crippen LogP contribution is 2.29. The van der Waals surface area contributed by atoms with Gasteiger partial charge in [0, 0.05) is 37.7 Å². The molecular formula is C20H28N2O3. The molecular weight excluding hydrogens is 316 g/mol. The van der Waals surface area contributed by atoms with Crippen LogP contribution in [-0.4, -0.2) is 54.9 Å². The Hall–Kier alpha value is -2.04. The second-order valence-corrected chi connectivity index (χ2v) is 7.36. The summed E-state index contributed by atoms with van der Waals surface area (Å²) >= 11 is 0. The van der Waals surface area contributed by atoms with Gasteiger partial charge in [0.1, 0.15) is 5.75 Å². The zero-order valence-electron chi connectivity index (χ0n) is 15.5. The second-order valence-electron chi connectivity index (χ2n) is 7.36. The van der Waals surface area contributed by atoms with Crippen LogP contribution in [0.25, 0.3) is 0 Å². The third-order valence-electron chi connectivity index (χ3n) is 5.43. The van der Waals surface area contributed by atoms with E-state index < -0.39 is 0 Å². The molecule has 1 aromatic rings. The second kappa shape index (κ2) is 7.46. The standard InChI is InChI=1S/C20H28N2O3/c1-14(2)17-13-16(7-8-18(17)25-3)20(24)22-11-9-21(10-12-22)19(23)15-5-4-6-15/h7-8,13-15H,4-6,9-12H2,1-3H3. The van der Waals surface area contributed by atoms with E-state index in [9.17, 15) is 9.59 Å². The van der Waals surface area contributed by atoms with E-state index in [2.05, 4.69) is 13.8 Å². The van der Waals surface area contributed by atoms with Crippen molar-refractivity contribution in [3.8, 4) is 5.75 Å². The molecule has 1 saturated heterocycles. The summed E-state index contributed by atoms with van der Waals surface area (Å²) < 4.78 is 5.40. The van der Waals surface area contributed by atoms with E-state index in [1.54, 1.807) is 7.11 Å². The normalized spacial score (nSPS) is 18.2. The molecule has 3 rings (SSSR count). The summed E-state index contributed by atoms with van der Waals surface area (Å²) in [6.45, 7) is 6.71. The lowest BCUT2D eigenvalue weighted by atomic mass is 9.84. The maximum absolute atomic E-state index is 12.8. The van der Waals surface area contributed by atoms with Gasteiger partial charge in [-0.25, -0.2) is 0 Å². The van der Waals surface area contributed by atoms with Gasteiger partial charge < -0.3 is 14.5 Å². The Morgan fingerprint density at radius 1 is 1.08 bits per heavy atom. The summed E-state index contributed by atoms with van der Waals surface area (Å²) in [5.41, 5.74) is 1.75. The van der Waals surface area contributed by atoms with E-state index in [-0.39, 0.29) is 17.7 Å². The molecule has 0 unspecified atom stereocenters. The van der Waals surface area contributed by atoms with Crippen LogP contribution in [0.1, 0.15) is 54.9 Å². The average molecular weight is 344 g/mol. The monoisotopic (exact) mass is 344 g/mol. The number of rotatable bonds is 4. The summed E-state index contributed by atoms with van der Waals surface area (Å²) in [5, 5.41) is 0. The molecule has 0 bridgehead atoms. The Morgan fingerprint density at radius 3 is 2.24 bits per heavy atom. The Labute approximate surface area is 149 Å². The van der Waals surface area contributed by atoms with Crippen molar-refractivity contribution in [2.75, 3.05) is 33.3 Å². The SMILES string of the molecule is COc1ccc(C(=O)N2CCN(C(=O)C3CCC3)CC2)cc1C(C)C. The Bertz CT molecular complexity index is 644. The van der Waals surface area contributed by atoms with Gasteiger partial charge in [-0.3, -0.25) is 9.59 Å². The largest absolute Gasteiger partial charge is 0.496 e. The Kier molecular flexibility index (Phi) is 5.30. The number of carbonyl (C=O) groups excluding carboxylic acids is 2. The summed E-state index contributed by atoms with van der Waals surface area (Å²) in [7, 11) is 1.65. The first-order chi connectivity index (χ1) is 12.0. The van der Waals surface area contributed by atoms with Crippen LogP contribution in [0.4, 0.5) is 0 Å². The van der Waals surface area contributed by atoms with Crippen molar-refractivity contribution in [1.29, 1.82) is 0 Å². The smallest absolute Gasteiger partial charge is 0.253 e. The fraction of sp³-hybridized carbons (Fsp3) is 0.600. The first-order valence-corrected chi connectivity index (χ1v) is 9.27. The summed E-state index contributed by atoms with van der Waals surface area (Å²) in [4.78, 5) is 28.9. The lowest BCUT2D eigenvalue weighted by Gasteiger charge is -2.38. The van der Waals surface area contributed by atoms with E-state index in [1.165, 1.54) is 6.42 Å². The van der Waals surface area contributed by atoms with Gasteiger partial charge in [-0.15, -0.1) is 0 Å². The van der Waals surface area contributed by atoms with Crippen LogP contribution in [0.15, 0.2) is 18.2 Å². The van der Waals surface area contributed by atoms with Crippen LogP contribution in [0.2, 0.25) is 0 Å². The molecule has 136 valence electrons. The summed E-state index contributed by atoms with van der Waals surface area (Å²) in [6, 6.07) is 5.65. The first-order valence-electron chi connectivity index (χ1n) is 9.27. The number of piperazine rings is 1. The Balaban J connectivity index is 1.64. The fourth-order valence-corrected chi connectivity index (χ4v) is 3.54. The molecule has 0 radical (unpaired) electrons. The van der Waals surface area contributed by atoms with E-state index in [0.29, 0.717) is 37.7 Å². The minimum Gasteiger partial charge on any atom is -0.496 e. The molecule has 0 N–H and O–H groups in total. The molecule has 2 fully saturated rings. The van der Waals surface area contributed by atoms with Crippen LogP contribution in [0, 0.1) is 5.92 Å².